The number of halogens is 1. The van der Waals surface area contributed by atoms with Crippen molar-refractivity contribution in [3.63, 3.8) is 0 Å². The first-order chi connectivity index (χ1) is 11.1. The van der Waals surface area contributed by atoms with E-state index in [1.807, 2.05) is 18.4 Å². The lowest BCUT2D eigenvalue weighted by Crippen LogP contribution is -2.35. The molecule has 0 unspecified atom stereocenters. The number of hydrogen-bond acceptors (Lipinski definition) is 3. The standard InChI is InChI=1S/C16H16FN3O2S/c1-23-14-7-5-12(6-8-14)20-16(22)18-10-15(21)19-13-4-2-3-11(17)9-13/h2-9H,10H2,1H3,(H,19,21)(H2,18,20,22). The van der Waals surface area contributed by atoms with Gasteiger partial charge in [0, 0.05) is 16.3 Å². The fraction of sp³-hybridized carbons (Fsp3) is 0.125. The molecule has 0 aliphatic heterocycles. The molecule has 0 aliphatic carbocycles. The predicted molar refractivity (Wildman–Crippen MR) is 90.3 cm³/mol. The first kappa shape index (κ1) is 16.8. The molecule has 23 heavy (non-hydrogen) atoms. The minimum atomic E-state index is -0.490. The van der Waals surface area contributed by atoms with E-state index in [-0.39, 0.29) is 6.54 Å². The molecule has 7 heteroatoms. The number of rotatable bonds is 5. The van der Waals surface area contributed by atoms with Gasteiger partial charge in [-0.15, -0.1) is 11.8 Å². The second-order valence-electron chi connectivity index (χ2n) is 4.59. The van der Waals surface area contributed by atoms with Gasteiger partial charge in [-0.3, -0.25) is 4.79 Å². The molecule has 0 heterocycles. The minimum absolute atomic E-state index is 0.217. The monoisotopic (exact) mass is 333 g/mol. The molecular weight excluding hydrogens is 317 g/mol. The van der Waals surface area contributed by atoms with Crippen molar-refractivity contribution in [2.45, 2.75) is 4.90 Å². The van der Waals surface area contributed by atoms with Crippen molar-refractivity contribution in [1.29, 1.82) is 0 Å². The molecule has 120 valence electrons. The highest BCUT2D eigenvalue weighted by Gasteiger charge is 2.06. The molecule has 0 atom stereocenters. The van der Waals surface area contributed by atoms with E-state index in [2.05, 4.69) is 16.0 Å². The highest BCUT2D eigenvalue weighted by molar-refractivity contribution is 7.98. The summed E-state index contributed by atoms with van der Waals surface area (Å²) in [4.78, 5) is 24.5. The second kappa shape index (κ2) is 8.19. The Labute approximate surface area is 137 Å². The Morgan fingerprint density at radius 1 is 1.04 bits per heavy atom. The summed E-state index contributed by atoms with van der Waals surface area (Å²) >= 11 is 1.60. The molecule has 5 nitrogen and oxygen atoms in total. The van der Waals surface area contributed by atoms with Gasteiger partial charge in [-0.1, -0.05) is 6.07 Å². The Balaban J connectivity index is 1.78. The number of anilines is 2. The third-order valence-electron chi connectivity index (χ3n) is 2.87. The molecule has 0 radical (unpaired) electrons. The zero-order chi connectivity index (χ0) is 16.7. The van der Waals surface area contributed by atoms with Gasteiger partial charge in [-0.05, 0) is 48.7 Å². The Morgan fingerprint density at radius 2 is 1.78 bits per heavy atom. The van der Waals surface area contributed by atoms with Crippen LogP contribution in [0.2, 0.25) is 0 Å². The Kier molecular flexibility index (Phi) is 5.99. The van der Waals surface area contributed by atoms with E-state index >= 15 is 0 Å². The summed E-state index contributed by atoms with van der Waals surface area (Å²) in [6.45, 7) is -0.217. The van der Waals surface area contributed by atoms with Crippen molar-refractivity contribution in [3.05, 3.63) is 54.3 Å². The lowest BCUT2D eigenvalue weighted by atomic mass is 10.3. The van der Waals surface area contributed by atoms with Gasteiger partial charge in [0.1, 0.15) is 5.82 Å². The van der Waals surface area contributed by atoms with Crippen LogP contribution in [0.3, 0.4) is 0 Å². The van der Waals surface area contributed by atoms with Gasteiger partial charge in [0.25, 0.3) is 0 Å². The average molecular weight is 333 g/mol. The number of carbonyl (C=O) groups is 2. The number of benzene rings is 2. The third-order valence-corrected chi connectivity index (χ3v) is 3.61. The molecule has 0 saturated carbocycles. The smallest absolute Gasteiger partial charge is 0.319 e. The topological polar surface area (TPSA) is 70.2 Å². The summed E-state index contributed by atoms with van der Waals surface area (Å²) < 4.78 is 13.0. The van der Waals surface area contributed by atoms with Gasteiger partial charge in [-0.25, -0.2) is 9.18 Å². The van der Waals surface area contributed by atoms with E-state index in [0.717, 1.165) is 4.90 Å². The van der Waals surface area contributed by atoms with E-state index in [1.165, 1.54) is 18.2 Å². The first-order valence-corrected chi connectivity index (χ1v) is 8.03. The van der Waals surface area contributed by atoms with Crippen molar-refractivity contribution in [2.24, 2.45) is 0 Å². The SMILES string of the molecule is CSc1ccc(NC(=O)NCC(=O)Nc2cccc(F)c2)cc1. The van der Waals surface area contributed by atoms with Crippen molar-refractivity contribution in [1.82, 2.24) is 5.32 Å². The minimum Gasteiger partial charge on any atom is -0.329 e. The Bertz CT molecular complexity index is 692. The van der Waals surface area contributed by atoms with Crippen molar-refractivity contribution < 1.29 is 14.0 Å². The number of thioether (sulfide) groups is 1. The van der Waals surface area contributed by atoms with E-state index in [0.29, 0.717) is 11.4 Å². The number of urea groups is 1. The van der Waals surface area contributed by atoms with Crippen LogP contribution in [0.4, 0.5) is 20.6 Å². The van der Waals surface area contributed by atoms with Gasteiger partial charge in [0.05, 0.1) is 6.54 Å². The number of carbonyl (C=O) groups excluding carboxylic acids is 2. The van der Waals surface area contributed by atoms with Gasteiger partial charge in [-0.2, -0.15) is 0 Å². The number of nitrogens with one attached hydrogen (secondary N) is 3. The summed E-state index contributed by atoms with van der Waals surface area (Å²) in [5, 5.41) is 7.55. The maximum Gasteiger partial charge on any atom is 0.319 e. The molecule has 0 spiro atoms. The van der Waals surface area contributed by atoms with E-state index in [1.54, 1.807) is 30.0 Å². The predicted octanol–water partition coefficient (Wildman–Crippen LogP) is 3.31. The van der Waals surface area contributed by atoms with Crippen LogP contribution >= 0.6 is 11.8 Å². The molecular formula is C16H16FN3O2S. The summed E-state index contributed by atoms with van der Waals surface area (Å²) in [7, 11) is 0. The maximum absolute atomic E-state index is 13.0. The highest BCUT2D eigenvalue weighted by atomic mass is 32.2. The Hall–Kier alpha value is -2.54. The molecule has 2 rings (SSSR count). The van der Waals surface area contributed by atoms with Crippen LogP contribution in [0.5, 0.6) is 0 Å². The van der Waals surface area contributed by atoms with Crippen molar-refractivity contribution in [2.75, 3.05) is 23.4 Å². The molecule has 0 saturated heterocycles. The highest BCUT2D eigenvalue weighted by Crippen LogP contribution is 2.17. The number of amides is 3. The van der Waals surface area contributed by atoms with Crippen molar-refractivity contribution in [3.8, 4) is 0 Å². The third kappa shape index (κ3) is 5.63. The van der Waals surface area contributed by atoms with Gasteiger partial charge >= 0.3 is 6.03 Å². The summed E-state index contributed by atoms with van der Waals surface area (Å²) in [5.74, 6) is -0.884. The number of hydrogen-bond donors (Lipinski definition) is 3. The fourth-order valence-corrected chi connectivity index (χ4v) is 2.19. The normalized spacial score (nSPS) is 10.0. The largest absolute Gasteiger partial charge is 0.329 e. The molecule has 0 aliphatic rings. The lowest BCUT2D eigenvalue weighted by Gasteiger charge is -2.09. The van der Waals surface area contributed by atoms with E-state index in [9.17, 15) is 14.0 Å². The van der Waals surface area contributed by atoms with E-state index < -0.39 is 17.8 Å². The van der Waals surface area contributed by atoms with Crippen LogP contribution in [0.25, 0.3) is 0 Å². The fourth-order valence-electron chi connectivity index (χ4n) is 1.78. The van der Waals surface area contributed by atoms with Gasteiger partial charge in [0.15, 0.2) is 0 Å². The molecule has 0 fully saturated rings. The van der Waals surface area contributed by atoms with Crippen LogP contribution in [0.15, 0.2) is 53.4 Å². The molecule has 3 amide bonds. The summed E-state index contributed by atoms with van der Waals surface area (Å²) in [6.07, 6.45) is 1.96. The Morgan fingerprint density at radius 3 is 2.43 bits per heavy atom. The molecule has 0 bridgehead atoms. The zero-order valence-corrected chi connectivity index (χ0v) is 13.2. The molecule has 0 aromatic heterocycles. The lowest BCUT2D eigenvalue weighted by molar-refractivity contribution is -0.115. The quantitative estimate of drug-likeness (QED) is 0.735. The van der Waals surface area contributed by atoms with E-state index in [4.69, 9.17) is 0 Å². The average Bonchev–Trinajstić information content (AvgIpc) is 2.54. The first-order valence-electron chi connectivity index (χ1n) is 6.81. The van der Waals surface area contributed by atoms with Crippen LogP contribution in [-0.2, 0) is 4.79 Å². The molecule has 2 aromatic rings. The zero-order valence-electron chi connectivity index (χ0n) is 12.4. The van der Waals surface area contributed by atoms with Crippen LogP contribution in [0.1, 0.15) is 0 Å². The van der Waals surface area contributed by atoms with Gasteiger partial charge in [0.2, 0.25) is 5.91 Å². The molecule has 2 aromatic carbocycles. The summed E-state index contributed by atoms with van der Waals surface area (Å²) in [5.41, 5.74) is 0.968. The van der Waals surface area contributed by atoms with Crippen molar-refractivity contribution >= 4 is 35.1 Å². The van der Waals surface area contributed by atoms with Gasteiger partial charge < -0.3 is 16.0 Å². The second-order valence-corrected chi connectivity index (χ2v) is 5.47. The molecule has 3 N–H and O–H groups in total. The maximum atomic E-state index is 13.0. The van der Waals surface area contributed by atoms with Crippen LogP contribution in [-0.4, -0.2) is 24.7 Å². The van der Waals surface area contributed by atoms with Crippen LogP contribution < -0.4 is 16.0 Å². The summed E-state index contributed by atoms with van der Waals surface area (Å²) in [6, 6.07) is 12.4. The van der Waals surface area contributed by atoms with Crippen LogP contribution in [0, 0.1) is 5.82 Å².